The Morgan fingerprint density at radius 2 is 1.90 bits per heavy atom. The van der Waals surface area contributed by atoms with Gasteiger partial charge in [0.1, 0.15) is 16.4 Å². The first-order valence-corrected chi connectivity index (χ1v) is 10.3. The smallest absolute Gasteiger partial charge is 0.350 e. The highest BCUT2D eigenvalue weighted by Crippen LogP contribution is 2.32. The quantitative estimate of drug-likeness (QED) is 0.300. The van der Waals surface area contributed by atoms with Crippen molar-refractivity contribution in [2.45, 2.75) is 13.8 Å². The third-order valence-electron chi connectivity index (χ3n) is 4.00. The molecular formula is C22H23N3O4S. The molecular weight excluding hydrogens is 402 g/mol. The van der Waals surface area contributed by atoms with Gasteiger partial charge in [-0.15, -0.1) is 0 Å². The van der Waals surface area contributed by atoms with Crippen molar-refractivity contribution in [1.29, 1.82) is 0 Å². The van der Waals surface area contributed by atoms with Gasteiger partial charge >= 0.3 is 5.97 Å². The molecule has 0 unspecified atom stereocenters. The summed E-state index contributed by atoms with van der Waals surface area (Å²) in [4.78, 5) is 17.1. The van der Waals surface area contributed by atoms with Gasteiger partial charge in [-0.2, -0.15) is 5.10 Å². The van der Waals surface area contributed by atoms with Crippen LogP contribution in [0.2, 0.25) is 0 Å². The Labute approximate surface area is 179 Å². The predicted octanol–water partition coefficient (Wildman–Crippen LogP) is 4.84. The van der Waals surface area contributed by atoms with Crippen molar-refractivity contribution in [3.8, 4) is 22.8 Å². The molecule has 0 saturated carbocycles. The fourth-order valence-corrected chi connectivity index (χ4v) is 3.56. The van der Waals surface area contributed by atoms with E-state index in [0.29, 0.717) is 34.7 Å². The van der Waals surface area contributed by atoms with Crippen molar-refractivity contribution in [1.82, 2.24) is 4.98 Å². The summed E-state index contributed by atoms with van der Waals surface area (Å²) in [6.07, 6.45) is 1.64. The first-order valence-electron chi connectivity index (χ1n) is 9.49. The van der Waals surface area contributed by atoms with Crippen molar-refractivity contribution in [3.63, 3.8) is 0 Å². The van der Waals surface area contributed by atoms with Crippen LogP contribution in [0.25, 0.3) is 11.3 Å². The fraction of sp³-hybridized carbons (Fsp3) is 0.227. The van der Waals surface area contributed by atoms with Gasteiger partial charge in [-0.3, -0.25) is 5.43 Å². The Hall–Kier alpha value is -3.39. The third kappa shape index (κ3) is 5.15. The molecule has 1 heterocycles. The highest BCUT2D eigenvalue weighted by atomic mass is 32.1. The van der Waals surface area contributed by atoms with E-state index in [1.807, 2.05) is 62.4 Å². The van der Waals surface area contributed by atoms with Gasteiger partial charge in [0, 0.05) is 17.2 Å². The number of carbonyl (C=O) groups is 1. The zero-order valence-corrected chi connectivity index (χ0v) is 17.9. The van der Waals surface area contributed by atoms with Gasteiger partial charge < -0.3 is 14.2 Å². The van der Waals surface area contributed by atoms with Crippen LogP contribution >= 0.6 is 11.3 Å². The van der Waals surface area contributed by atoms with Crippen molar-refractivity contribution < 1.29 is 19.0 Å². The summed E-state index contributed by atoms with van der Waals surface area (Å²) in [6.45, 7) is 4.96. The van der Waals surface area contributed by atoms with Crippen LogP contribution in [-0.4, -0.2) is 37.5 Å². The van der Waals surface area contributed by atoms with Gasteiger partial charge in [-0.25, -0.2) is 9.78 Å². The lowest BCUT2D eigenvalue weighted by Crippen LogP contribution is -2.00. The molecule has 0 spiro atoms. The number of nitrogens with one attached hydrogen (secondary N) is 1. The Bertz CT molecular complexity index is 1020. The van der Waals surface area contributed by atoms with Gasteiger partial charge in [-0.05, 0) is 26.0 Å². The number of ether oxygens (including phenoxy) is 3. The number of hydrogen-bond acceptors (Lipinski definition) is 8. The number of thiazole rings is 1. The molecule has 0 aliphatic rings. The van der Waals surface area contributed by atoms with Gasteiger partial charge in [0.05, 0.1) is 32.2 Å². The van der Waals surface area contributed by atoms with Crippen molar-refractivity contribution in [2.75, 3.05) is 25.7 Å². The van der Waals surface area contributed by atoms with Crippen LogP contribution in [-0.2, 0) is 4.74 Å². The first-order chi connectivity index (χ1) is 14.7. The second-order valence-electron chi connectivity index (χ2n) is 5.99. The second-order valence-corrected chi connectivity index (χ2v) is 6.99. The predicted molar refractivity (Wildman–Crippen MR) is 119 cm³/mol. The molecule has 0 aliphatic carbocycles. The maximum absolute atomic E-state index is 12.2. The molecule has 30 heavy (non-hydrogen) atoms. The van der Waals surface area contributed by atoms with Crippen molar-refractivity contribution in [2.24, 2.45) is 5.10 Å². The van der Waals surface area contributed by atoms with Crippen LogP contribution in [0, 0.1) is 0 Å². The number of hydrogen-bond donors (Lipinski definition) is 1. The maximum atomic E-state index is 12.2. The maximum Gasteiger partial charge on any atom is 0.350 e. The summed E-state index contributed by atoms with van der Waals surface area (Å²) in [5, 5.41) is 4.74. The molecule has 156 valence electrons. The molecule has 0 saturated heterocycles. The molecule has 2 aromatic carbocycles. The van der Waals surface area contributed by atoms with E-state index in [9.17, 15) is 4.79 Å². The molecule has 0 fully saturated rings. The van der Waals surface area contributed by atoms with E-state index in [0.717, 1.165) is 16.9 Å². The Morgan fingerprint density at radius 3 is 2.60 bits per heavy atom. The summed E-state index contributed by atoms with van der Waals surface area (Å²) in [5.41, 5.74) is 5.07. The lowest BCUT2D eigenvalue weighted by atomic mass is 10.1. The molecule has 0 amide bonds. The minimum absolute atomic E-state index is 0.414. The number of methoxy groups -OCH3 is 1. The van der Waals surface area contributed by atoms with Crippen LogP contribution in [0.15, 0.2) is 53.6 Å². The number of aromatic nitrogens is 1. The van der Waals surface area contributed by atoms with Gasteiger partial charge in [0.2, 0.25) is 5.13 Å². The van der Waals surface area contributed by atoms with Crippen LogP contribution in [0.1, 0.15) is 29.1 Å². The Kier molecular flexibility index (Phi) is 7.40. The van der Waals surface area contributed by atoms with Crippen molar-refractivity contribution >= 4 is 28.7 Å². The minimum atomic E-state index is -0.437. The number of esters is 1. The van der Waals surface area contributed by atoms with Crippen LogP contribution in [0.3, 0.4) is 0 Å². The zero-order valence-electron chi connectivity index (χ0n) is 17.0. The van der Waals surface area contributed by atoms with Gasteiger partial charge in [0.15, 0.2) is 0 Å². The van der Waals surface area contributed by atoms with Gasteiger partial charge in [-0.1, -0.05) is 41.7 Å². The molecule has 3 aromatic rings. The lowest BCUT2D eigenvalue weighted by Gasteiger charge is -2.09. The van der Waals surface area contributed by atoms with E-state index in [1.165, 1.54) is 18.4 Å². The summed E-state index contributed by atoms with van der Waals surface area (Å²) >= 11 is 1.18. The third-order valence-corrected chi connectivity index (χ3v) is 4.94. The molecule has 0 atom stereocenters. The molecule has 3 rings (SSSR count). The number of nitrogens with zero attached hydrogens (tertiary/aromatic N) is 2. The first kappa shape index (κ1) is 21.3. The number of hydrazone groups is 1. The molecule has 1 N–H and O–H groups in total. The lowest BCUT2D eigenvalue weighted by molar-refractivity contribution is 0.0607. The van der Waals surface area contributed by atoms with Crippen LogP contribution in [0.5, 0.6) is 11.5 Å². The van der Waals surface area contributed by atoms with Gasteiger partial charge in [0.25, 0.3) is 0 Å². The second kappa shape index (κ2) is 10.4. The zero-order chi connectivity index (χ0) is 21.3. The monoisotopic (exact) mass is 425 g/mol. The van der Waals surface area contributed by atoms with Crippen LogP contribution in [0.4, 0.5) is 5.13 Å². The topological polar surface area (TPSA) is 82.0 Å². The molecule has 0 bridgehead atoms. The number of anilines is 1. The molecule has 1 aromatic heterocycles. The normalized spacial score (nSPS) is 10.8. The summed E-state index contributed by atoms with van der Waals surface area (Å²) in [7, 11) is 1.35. The minimum Gasteiger partial charge on any atom is -0.494 e. The molecule has 8 heteroatoms. The Balaban J connectivity index is 1.83. The van der Waals surface area contributed by atoms with E-state index >= 15 is 0 Å². The average molecular weight is 426 g/mol. The summed E-state index contributed by atoms with van der Waals surface area (Å²) in [5.74, 6) is 0.975. The van der Waals surface area contributed by atoms with E-state index in [-0.39, 0.29) is 0 Å². The summed E-state index contributed by atoms with van der Waals surface area (Å²) < 4.78 is 16.1. The molecule has 0 radical (unpaired) electrons. The van der Waals surface area contributed by atoms with E-state index in [4.69, 9.17) is 14.2 Å². The Morgan fingerprint density at radius 1 is 1.13 bits per heavy atom. The molecule has 0 aliphatic heterocycles. The molecule has 7 nitrogen and oxygen atoms in total. The SMILES string of the molecule is CCOc1ccc(/C=N\Nc2nc(-c3ccccc3)c(C(=O)OC)s2)c(OCC)c1. The van der Waals surface area contributed by atoms with Crippen molar-refractivity contribution in [3.05, 3.63) is 59.0 Å². The highest BCUT2D eigenvalue weighted by molar-refractivity contribution is 7.17. The number of benzene rings is 2. The average Bonchev–Trinajstić information content (AvgIpc) is 3.20. The standard InChI is InChI=1S/C22H23N3O4S/c1-4-28-17-12-11-16(18(13-17)29-5-2)14-23-25-22-24-19(15-9-7-6-8-10-15)20(30-22)21(26)27-3/h6-14H,4-5H2,1-3H3,(H,24,25)/b23-14-. The van der Waals surface area contributed by atoms with E-state index in [1.54, 1.807) is 6.21 Å². The largest absolute Gasteiger partial charge is 0.494 e. The van der Waals surface area contributed by atoms with E-state index < -0.39 is 5.97 Å². The summed E-state index contributed by atoms with van der Waals surface area (Å²) in [6, 6.07) is 15.0. The number of rotatable bonds is 9. The number of carbonyl (C=O) groups excluding carboxylic acids is 1. The fourth-order valence-electron chi connectivity index (χ4n) is 2.71. The highest BCUT2D eigenvalue weighted by Gasteiger charge is 2.20. The van der Waals surface area contributed by atoms with Crippen LogP contribution < -0.4 is 14.9 Å². The van der Waals surface area contributed by atoms with E-state index in [2.05, 4.69) is 15.5 Å².